The van der Waals surface area contributed by atoms with Crippen molar-refractivity contribution in [2.24, 2.45) is 5.84 Å². The average molecular weight is 291 g/mol. The molecule has 0 aliphatic rings. The van der Waals surface area contributed by atoms with Gasteiger partial charge in [-0.25, -0.2) is 0 Å². The lowest BCUT2D eigenvalue weighted by Crippen LogP contribution is -2.27. The first-order chi connectivity index (χ1) is 7.27. The van der Waals surface area contributed by atoms with Gasteiger partial charge in [0.05, 0.1) is 6.04 Å². The van der Waals surface area contributed by atoms with E-state index >= 15 is 0 Å². The molecule has 86 valence electrons. The first-order valence-electron chi connectivity index (χ1n) is 5.48. The Kier molecular flexibility index (Phi) is 6.48. The molecule has 0 bridgehead atoms. The number of hydrogen-bond acceptors (Lipinski definition) is 3. The number of thiophene rings is 1. The molecule has 0 spiro atoms. The van der Waals surface area contributed by atoms with Crippen molar-refractivity contribution < 1.29 is 0 Å². The van der Waals surface area contributed by atoms with Crippen molar-refractivity contribution in [1.29, 1.82) is 0 Å². The number of halogens is 1. The molecule has 1 rings (SSSR count). The minimum atomic E-state index is 0.318. The van der Waals surface area contributed by atoms with Gasteiger partial charge in [-0.1, -0.05) is 32.6 Å². The summed E-state index contributed by atoms with van der Waals surface area (Å²) in [6.07, 6.45) is 6.29. The van der Waals surface area contributed by atoms with E-state index < -0.39 is 0 Å². The van der Waals surface area contributed by atoms with Crippen molar-refractivity contribution in [3.05, 3.63) is 20.8 Å². The van der Waals surface area contributed by atoms with Crippen LogP contribution in [0.25, 0.3) is 0 Å². The van der Waals surface area contributed by atoms with Crippen LogP contribution in [0.15, 0.2) is 15.9 Å². The fourth-order valence-corrected chi connectivity index (χ4v) is 3.13. The SMILES string of the molecule is CCCCCCC(NN)c1cc(Br)cs1. The summed E-state index contributed by atoms with van der Waals surface area (Å²) < 4.78 is 1.15. The third-order valence-electron chi connectivity index (χ3n) is 2.48. The van der Waals surface area contributed by atoms with Gasteiger partial charge in [0.15, 0.2) is 0 Å². The lowest BCUT2D eigenvalue weighted by atomic mass is 10.1. The Morgan fingerprint density at radius 2 is 2.27 bits per heavy atom. The summed E-state index contributed by atoms with van der Waals surface area (Å²) in [5, 5.41) is 2.10. The number of nitrogens with two attached hydrogens (primary N) is 1. The topological polar surface area (TPSA) is 38.0 Å². The third kappa shape index (κ3) is 4.64. The molecule has 0 aliphatic carbocycles. The molecular weight excluding hydrogens is 272 g/mol. The Morgan fingerprint density at radius 3 is 2.80 bits per heavy atom. The van der Waals surface area contributed by atoms with E-state index in [1.54, 1.807) is 11.3 Å². The van der Waals surface area contributed by atoms with Crippen LogP contribution in [0.5, 0.6) is 0 Å². The molecule has 0 radical (unpaired) electrons. The van der Waals surface area contributed by atoms with Crippen molar-refractivity contribution >= 4 is 27.3 Å². The van der Waals surface area contributed by atoms with Crippen LogP contribution in [-0.2, 0) is 0 Å². The molecule has 0 aliphatic heterocycles. The maximum Gasteiger partial charge on any atom is 0.0553 e. The lowest BCUT2D eigenvalue weighted by molar-refractivity contribution is 0.488. The highest BCUT2D eigenvalue weighted by atomic mass is 79.9. The Morgan fingerprint density at radius 1 is 1.47 bits per heavy atom. The predicted octanol–water partition coefficient (Wildman–Crippen LogP) is 3.99. The van der Waals surface area contributed by atoms with Gasteiger partial charge in [-0.2, -0.15) is 0 Å². The Hall–Kier alpha value is 0.1000. The fourth-order valence-electron chi connectivity index (χ4n) is 1.59. The van der Waals surface area contributed by atoms with E-state index in [0.717, 1.165) is 10.9 Å². The van der Waals surface area contributed by atoms with Gasteiger partial charge in [0.1, 0.15) is 0 Å². The van der Waals surface area contributed by atoms with E-state index in [2.05, 4.69) is 39.7 Å². The molecule has 0 aromatic carbocycles. The van der Waals surface area contributed by atoms with Gasteiger partial charge in [0.2, 0.25) is 0 Å². The van der Waals surface area contributed by atoms with Crippen molar-refractivity contribution in [2.75, 3.05) is 0 Å². The fraction of sp³-hybridized carbons (Fsp3) is 0.636. The second-order valence-corrected chi connectivity index (χ2v) is 5.59. The highest BCUT2D eigenvalue weighted by molar-refractivity contribution is 9.10. The summed E-state index contributed by atoms with van der Waals surface area (Å²) >= 11 is 5.22. The molecule has 0 saturated heterocycles. The average Bonchev–Trinajstić information content (AvgIpc) is 2.65. The Bertz CT molecular complexity index is 275. The van der Waals surface area contributed by atoms with Crippen LogP contribution in [-0.4, -0.2) is 0 Å². The first-order valence-corrected chi connectivity index (χ1v) is 7.15. The zero-order chi connectivity index (χ0) is 11.1. The van der Waals surface area contributed by atoms with Gasteiger partial charge in [0.25, 0.3) is 0 Å². The lowest BCUT2D eigenvalue weighted by Gasteiger charge is -2.13. The quantitative estimate of drug-likeness (QED) is 0.453. The van der Waals surface area contributed by atoms with Crippen molar-refractivity contribution in [1.82, 2.24) is 5.43 Å². The monoisotopic (exact) mass is 290 g/mol. The van der Waals surface area contributed by atoms with Crippen molar-refractivity contribution in [3.63, 3.8) is 0 Å². The van der Waals surface area contributed by atoms with E-state index in [1.807, 2.05) is 0 Å². The highest BCUT2D eigenvalue weighted by Gasteiger charge is 2.11. The van der Waals surface area contributed by atoms with Gasteiger partial charge in [-0.15, -0.1) is 11.3 Å². The van der Waals surface area contributed by atoms with Gasteiger partial charge >= 0.3 is 0 Å². The van der Waals surface area contributed by atoms with Crippen LogP contribution in [0, 0.1) is 0 Å². The molecule has 4 heteroatoms. The Balaban J connectivity index is 2.35. The molecule has 1 aromatic rings. The summed E-state index contributed by atoms with van der Waals surface area (Å²) in [7, 11) is 0. The number of hydrazine groups is 1. The van der Waals surface area contributed by atoms with E-state index in [4.69, 9.17) is 5.84 Å². The molecule has 2 nitrogen and oxygen atoms in total. The summed E-state index contributed by atoms with van der Waals surface area (Å²) in [5.74, 6) is 5.57. The van der Waals surface area contributed by atoms with Crippen molar-refractivity contribution in [2.45, 2.75) is 45.1 Å². The van der Waals surface area contributed by atoms with Crippen LogP contribution in [0.4, 0.5) is 0 Å². The molecule has 1 atom stereocenters. The standard InChI is InChI=1S/C11H19BrN2S/c1-2-3-4-5-6-10(14-13)11-7-9(12)8-15-11/h7-8,10,14H,2-6,13H2,1H3. The van der Waals surface area contributed by atoms with Gasteiger partial charge in [0, 0.05) is 14.7 Å². The van der Waals surface area contributed by atoms with Gasteiger partial charge < -0.3 is 0 Å². The maximum absolute atomic E-state index is 5.57. The number of rotatable bonds is 7. The van der Waals surface area contributed by atoms with Crippen LogP contribution in [0.2, 0.25) is 0 Å². The second-order valence-electron chi connectivity index (χ2n) is 3.74. The molecule has 15 heavy (non-hydrogen) atoms. The Labute approximate surface area is 104 Å². The van der Waals surface area contributed by atoms with Crippen LogP contribution in [0.1, 0.15) is 49.9 Å². The van der Waals surface area contributed by atoms with E-state index in [0.29, 0.717) is 6.04 Å². The van der Waals surface area contributed by atoms with E-state index in [9.17, 15) is 0 Å². The molecule has 1 aromatic heterocycles. The van der Waals surface area contributed by atoms with Gasteiger partial charge in [-0.3, -0.25) is 11.3 Å². The predicted molar refractivity (Wildman–Crippen MR) is 70.8 cm³/mol. The van der Waals surface area contributed by atoms with Gasteiger partial charge in [-0.05, 0) is 28.4 Å². The smallest absolute Gasteiger partial charge is 0.0553 e. The van der Waals surface area contributed by atoms with Crippen LogP contribution >= 0.6 is 27.3 Å². The van der Waals surface area contributed by atoms with E-state index in [1.165, 1.54) is 30.6 Å². The summed E-state index contributed by atoms with van der Waals surface area (Å²) in [4.78, 5) is 1.32. The number of nitrogens with one attached hydrogen (secondary N) is 1. The normalized spacial score (nSPS) is 13.0. The molecule has 0 amide bonds. The molecular formula is C11H19BrN2S. The second kappa shape index (κ2) is 7.39. The third-order valence-corrected chi connectivity index (χ3v) is 4.29. The molecule has 1 heterocycles. The number of unbranched alkanes of at least 4 members (excludes halogenated alkanes) is 3. The van der Waals surface area contributed by atoms with Crippen LogP contribution < -0.4 is 11.3 Å². The van der Waals surface area contributed by atoms with Crippen molar-refractivity contribution in [3.8, 4) is 0 Å². The molecule has 0 fully saturated rings. The summed E-state index contributed by atoms with van der Waals surface area (Å²) in [6.45, 7) is 2.23. The molecule has 1 unspecified atom stereocenters. The largest absolute Gasteiger partial charge is 0.271 e. The zero-order valence-electron chi connectivity index (χ0n) is 9.13. The summed E-state index contributed by atoms with van der Waals surface area (Å²) in [6, 6.07) is 2.47. The van der Waals surface area contributed by atoms with E-state index in [-0.39, 0.29) is 0 Å². The minimum Gasteiger partial charge on any atom is -0.271 e. The first kappa shape index (κ1) is 13.2. The summed E-state index contributed by atoms with van der Waals surface area (Å²) in [5.41, 5.74) is 2.90. The highest BCUT2D eigenvalue weighted by Crippen LogP contribution is 2.28. The molecule has 0 saturated carbocycles. The minimum absolute atomic E-state index is 0.318. The molecule has 3 N–H and O–H groups in total. The van der Waals surface area contributed by atoms with Crippen LogP contribution in [0.3, 0.4) is 0 Å². The maximum atomic E-state index is 5.57. The number of hydrogen-bond donors (Lipinski definition) is 2. The zero-order valence-corrected chi connectivity index (χ0v) is 11.5.